The van der Waals surface area contributed by atoms with Crippen molar-refractivity contribution >= 4 is 0 Å². The molecule has 2 fully saturated rings. The van der Waals surface area contributed by atoms with Crippen LogP contribution in [-0.4, -0.2) is 9.78 Å². The van der Waals surface area contributed by atoms with E-state index in [0.717, 1.165) is 17.9 Å². The van der Waals surface area contributed by atoms with Crippen molar-refractivity contribution in [1.29, 1.82) is 0 Å². The molecule has 22 heavy (non-hydrogen) atoms. The fraction of sp³-hybridized carbons (Fsp3) is 0.0500. The van der Waals surface area contributed by atoms with Gasteiger partial charge in [0.15, 0.2) is 0 Å². The summed E-state index contributed by atoms with van der Waals surface area (Å²) >= 11 is 0. The molecule has 10 radical (unpaired) electrons. The maximum atomic E-state index is 4.82. The molecule has 0 aliphatic heterocycles. The van der Waals surface area contributed by atoms with Crippen LogP contribution in [-0.2, 0) is 6.54 Å². The molecule has 0 spiro atoms. The van der Waals surface area contributed by atoms with Gasteiger partial charge in [-0.25, -0.2) is 0 Å². The Bertz CT molecular complexity index is 602. The first kappa shape index (κ1) is 14.0. The minimum absolute atomic E-state index is 0.780. The molecule has 0 bridgehead atoms. The largest absolute Gasteiger partial charge is 0.264 e. The number of hydrogen-bond acceptors (Lipinski definition) is 1. The van der Waals surface area contributed by atoms with Crippen LogP contribution in [0.3, 0.4) is 0 Å². The van der Waals surface area contributed by atoms with E-state index in [1.54, 1.807) is 0 Å². The second kappa shape index (κ2) is 6.28. The highest BCUT2D eigenvalue weighted by Gasteiger charge is 2.27. The summed E-state index contributed by atoms with van der Waals surface area (Å²) in [6.07, 6.45) is 16.7. The molecule has 0 N–H and O–H groups in total. The molecule has 0 atom stereocenters. The summed E-state index contributed by atoms with van der Waals surface area (Å²) in [5.74, 6) is 2.38. The monoisotopic (exact) mass is 284 g/mol. The third-order valence-corrected chi connectivity index (χ3v) is 3.87. The zero-order chi connectivity index (χ0) is 14.8. The van der Waals surface area contributed by atoms with E-state index in [1.807, 2.05) is 18.9 Å². The van der Waals surface area contributed by atoms with E-state index in [1.165, 1.54) is 17.4 Å². The Kier molecular flexibility index (Phi) is 4.01. The summed E-state index contributed by atoms with van der Waals surface area (Å²) in [7, 11) is 0. The van der Waals surface area contributed by atoms with Gasteiger partial charge in [-0.05, 0) is 63.0 Å². The second-order valence-corrected chi connectivity index (χ2v) is 5.41. The average molecular weight is 284 g/mol. The topological polar surface area (TPSA) is 17.8 Å². The van der Waals surface area contributed by atoms with Gasteiger partial charge in [-0.3, -0.25) is 4.68 Å². The molecule has 0 amide bonds. The number of benzene rings is 1. The molecule has 1 aromatic heterocycles. The Morgan fingerprint density at radius 3 is 2.09 bits per heavy atom. The van der Waals surface area contributed by atoms with E-state index in [-0.39, 0.29) is 0 Å². The van der Waals surface area contributed by atoms with E-state index >= 15 is 0 Å². The summed E-state index contributed by atoms with van der Waals surface area (Å²) in [5, 5.41) is 4.82. The lowest BCUT2D eigenvalue weighted by atomic mass is 9.99. The van der Waals surface area contributed by atoms with Crippen molar-refractivity contribution in [3.8, 4) is 0 Å². The normalized spacial score (nSPS) is 20.0. The highest BCUT2D eigenvalue weighted by Crippen LogP contribution is 2.35. The molecular formula is C20H16N2. The van der Waals surface area contributed by atoms with E-state index in [9.17, 15) is 0 Å². The van der Waals surface area contributed by atoms with Gasteiger partial charge in [0.1, 0.15) is 0 Å². The van der Waals surface area contributed by atoms with Gasteiger partial charge in [-0.2, -0.15) is 5.10 Å². The van der Waals surface area contributed by atoms with E-state index in [2.05, 4.69) is 73.5 Å². The van der Waals surface area contributed by atoms with E-state index in [4.69, 9.17) is 5.10 Å². The first-order chi connectivity index (χ1) is 10.9. The van der Waals surface area contributed by atoms with Crippen molar-refractivity contribution < 1.29 is 0 Å². The van der Waals surface area contributed by atoms with Crippen LogP contribution >= 0.6 is 0 Å². The molecule has 4 rings (SSSR count). The standard InChI is InChI=1S/C20H16N2/c1-2-8-16(9-3-1)15-22-20(18-12-6-7-13-18)14-19(21-22)17-10-4-5-11-17/h1-14H,15H2. The lowest BCUT2D eigenvalue weighted by Crippen LogP contribution is -2.10. The van der Waals surface area contributed by atoms with Crippen LogP contribution in [0.2, 0.25) is 0 Å². The Balaban J connectivity index is 1.64. The molecule has 0 saturated heterocycles. The lowest BCUT2D eigenvalue weighted by Gasteiger charge is -2.11. The third kappa shape index (κ3) is 2.84. The van der Waals surface area contributed by atoms with Crippen molar-refractivity contribution in [2.45, 2.75) is 6.54 Å². The van der Waals surface area contributed by atoms with Gasteiger partial charge >= 0.3 is 0 Å². The van der Waals surface area contributed by atoms with Gasteiger partial charge in [-0.15, -0.1) is 0 Å². The van der Waals surface area contributed by atoms with Crippen LogP contribution in [0.25, 0.3) is 0 Å². The van der Waals surface area contributed by atoms with Crippen molar-refractivity contribution in [3.05, 3.63) is 117 Å². The fourth-order valence-electron chi connectivity index (χ4n) is 2.76. The summed E-state index contributed by atoms with van der Waals surface area (Å²) in [4.78, 5) is 0. The van der Waals surface area contributed by atoms with Gasteiger partial charge in [0, 0.05) is 17.5 Å². The van der Waals surface area contributed by atoms with Crippen LogP contribution in [0.5, 0.6) is 0 Å². The molecule has 106 valence electrons. The molecule has 2 heteroatoms. The van der Waals surface area contributed by atoms with Crippen LogP contribution in [0.15, 0.2) is 36.4 Å². The molecule has 2 aliphatic carbocycles. The van der Waals surface area contributed by atoms with Gasteiger partial charge < -0.3 is 0 Å². The SMILES string of the molecule is [CH]1[CH][CH][C](c2cc([C]3[CH][CH][CH][CH]3)n(Cc3ccccc3)n2)[CH]1. The van der Waals surface area contributed by atoms with E-state index in [0.29, 0.717) is 0 Å². The summed E-state index contributed by atoms with van der Waals surface area (Å²) in [6, 6.07) is 12.6. The average Bonchev–Trinajstić information content (AvgIpc) is 3.29. The molecule has 2 nitrogen and oxygen atoms in total. The van der Waals surface area contributed by atoms with Crippen molar-refractivity contribution in [3.63, 3.8) is 0 Å². The third-order valence-electron chi connectivity index (χ3n) is 3.87. The number of hydrogen-bond donors (Lipinski definition) is 0. The number of rotatable bonds is 4. The van der Waals surface area contributed by atoms with Gasteiger partial charge in [0.25, 0.3) is 0 Å². The molecule has 2 aromatic rings. The minimum Gasteiger partial charge on any atom is -0.264 e. The predicted molar refractivity (Wildman–Crippen MR) is 86.9 cm³/mol. The Hall–Kier alpha value is -1.57. The first-order valence-electron chi connectivity index (χ1n) is 7.46. The maximum absolute atomic E-state index is 4.82. The van der Waals surface area contributed by atoms with Gasteiger partial charge in [-0.1, -0.05) is 30.3 Å². The fourth-order valence-corrected chi connectivity index (χ4v) is 2.76. The Morgan fingerprint density at radius 2 is 1.41 bits per heavy atom. The Morgan fingerprint density at radius 1 is 0.773 bits per heavy atom. The van der Waals surface area contributed by atoms with Crippen LogP contribution < -0.4 is 0 Å². The van der Waals surface area contributed by atoms with E-state index < -0.39 is 0 Å². The Labute approximate surface area is 133 Å². The molecule has 1 heterocycles. The van der Waals surface area contributed by atoms with Crippen LogP contribution in [0.1, 0.15) is 17.0 Å². The van der Waals surface area contributed by atoms with Gasteiger partial charge in [0.05, 0.1) is 12.2 Å². The van der Waals surface area contributed by atoms with Crippen molar-refractivity contribution in [1.82, 2.24) is 9.78 Å². The lowest BCUT2D eigenvalue weighted by molar-refractivity contribution is 0.657. The molecule has 0 unspecified atom stereocenters. The second-order valence-electron chi connectivity index (χ2n) is 5.41. The molecule has 2 saturated carbocycles. The smallest absolute Gasteiger partial charge is 0.0705 e. The molecular weight excluding hydrogens is 268 g/mol. The number of aromatic nitrogens is 2. The summed E-state index contributed by atoms with van der Waals surface area (Å²) in [5.41, 5.74) is 3.44. The summed E-state index contributed by atoms with van der Waals surface area (Å²) in [6.45, 7) is 0.780. The zero-order valence-electron chi connectivity index (χ0n) is 12.2. The predicted octanol–water partition coefficient (Wildman–Crippen LogP) is 3.44. The maximum Gasteiger partial charge on any atom is 0.0705 e. The zero-order valence-corrected chi connectivity index (χ0v) is 12.2. The van der Waals surface area contributed by atoms with Crippen molar-refractivity contribution in [2.24, 2.45) is 0 Å². The highest BCUT2D eigenvalue weighted by molar-refractivity contribution is 5.52. The summed E-state index contributed by atoms with van der Waals surface area (Å²) < 4.78 is 2.09. The number of nitrogens with zero attached hydrogens (tertiary/aromatic N) is 2. The molecule has 2 aliphatic rings. The first-order valence-corrected chi connectivity index (χ1v) is 7.46. The highest BCUT2D eigenvalue weighted by atomic mass is 15.3. The minimum atomic E-state index is 0.780. The van der Waals surface area contributed by atoms with Crippen LogP contribution in [0, 0.1) is 63.2 Å². The van der Waals surface area contributed by atoms with Crippen LogP contribution in [0.4, 0.5) is 0 Å². The van der Waals surface area contributed by atoms with Crippen molar-refractivity contribution in [2.75, 3.05) is 0 Å². The van der Waals surface area contributed by atoms with Gasteiger partial charge in [0.2, 0.25) is 0 Å². The molecule has 1 aromatic carbocycles. The quantitative estimate of drug-likeness (QED) is 0.841.